The summed E-state index contributed by atoms with van der Waals surface area (Å²) in [6.07, 6.45) is 4.46. The Morgan fingerprint density at radius 1 is 1.04 bits per heavy atom. The van der Waals surface area contributed by atoms with Crippen LogP contribution in [0.15, 0.2) is 42.5 Å². The number of benzene rings is 2. The molecule has 0 amide bonds. The Hall–Kier alpha value is -1.58. The molecule has 3 rings (SSSR count). The van der Waals surface area contributed by atoms with Gasteiger partial charge in [0.1, 0.15) is 0 Å². The molecule has 2 aromatic carbocycles. The number of nitrogens with one attached hydrogen (secondary N) is 2. The average Bonchev–Trinajstić information content (AvgIpc) is 3.00. The van der Waals surface area contributed by atoms with Crippen molar-refractivity contribution in [2.75, 3.05) is 5.32 Å². The fourth-order valence-electron chi connectivity index (χ4n) is 3.49. The molecule has 1 aliphatic carbocycles. The van der Waals surface area contributed by atoms with Crippen LogP contribution in [0.3, 0.4) is 0 Å². The van der Waals surface area contributed by atoms with Gasteiger partial charge in [-0.1, -0.05) is 48.7 Å². The van der Waals surface area contributed by atoms with Gasteiger partial charge in [-0.25, -0.2) is 0 Å². The van der Waals surface area contributed by atoms with Crippen LogP contribution in [0.2, 0.25) is 5.02 Å². The molecule has 4 heteroatoms. The molecule has 2 nitrogen and oxygen atoms in total. The van der Waals surface area contributed by atoms with Gasteiger partial charge >= 0.3 is 0 Å². The predicted octanol–water partition coefficient (Wildman–Crippen LogP) is 5.71. The molecule has 2 N–H and O–H groups in total. The third-order valence-corrected chi connectivity index (χ3v) is 5.50. The Labute approximate surface area is 154 Å². The van der Waals surface area contributed by atoms with Crippen LogP contribution in [0.5, 0.6) is 0 Å². The highest BCUT2D eigenvalue weighted by Crippen LogP contribution is 2.41. The first-order chi connectivity index (χ1) is 11.5. The highest BCUT2D eigenvalue weighted by molar-refractivity contribution is 7.80. The van der Waals surface area contributed by atoms with Crippen molar-refractivity contribution in [3.8, 4) is 0 Å². The number of halogens is 1. The molecule has 1 saturated carbocycles. The number of thiocarbonyl (C=S) groups is 1. The van der Waals surface area contributed by atoms with Crippen molar-refractivity contribution >= 4 is 34.6 Å². The molecule has 0 saturated heterocycles. The van der Waals surface area contributed by atoms with Gasteiger partial charge in [-0.15, -0.1) is 0 Å². The first-order valence-electron chi connectivity index (χ1n) is 8.42. The molecule has 2 aromatic rings. The molecule has 126 valence electrons. The van der Waals surface area contributed by atoms with Crippen LogP contribution in [0.1, 0.15) is 42.4 Å². The molecule has 0 atom stereocenters. The molecule has 0 radical (unpaired) electrons. The third-order valence-electron chi connectivity index (χ3n) is 4.96. The summed E-state index contributed by atoms with van der Waals surface area (Å²) in [5.41, 5.74) is 4.53. The Balaban J connectivity index is 1.80. The molecule has 0 aliphatic heterocycles. The molecule has 1 aliphatic rings. The van der Waals surface area contributed by atoms with Gasteiger partial charge in [0, 0.05) is 10.7 Å². The van der Waals surface area contributed by atoms with Crippen LogP contribution in [0, 0.1) is 13.8 Å². The minimum absolute atomic E-state index is 0.165. The molecule has 0 unspecified atom stereocenters. The summed E-state index contributed by atoms with van der Waals surface area (Å²) in [5.74, 6) is 0. The van der Waals surface area contributed by atoms with E-state index in [-0.39, 0.29) is 5.54 Å². The molecule has 24 heavy (non-hydrogen) atoms. The van der Waals surface area contributed by atoms with Gasteiger partial charge < -0.3 is 10.6 Å². The summed E-state index contributed by atoms with van der Waals surface area (Å²) >= 11 is 12.1. The van der Waals surface area contributed by atoms with E-state index < -0.39 is 0 Å². The minimum Gasteiger partial charge on any atom is -0.353 e. The third kappa shape index (κ3) is 3.57. The van der Waals surface area contributed by atoms with Crippen LogP contribution >= 0.6 is 23.8 Å². The fourth-order valence-corrected chi connectivity index (χ4v) is 4.12. The summed E-state index contributed by atoms with van der Waals surface area (Å²) in [7, 11) is 0. The normalized spacial score (nSPS) is 16.0. The second-order valence-electron chi connectivity index (χ2n) is 6.65. The number of anilines is 1. The van der Waals surface area contributed by atoms with Crippen molar-refractivity contribution in [2.45, 2.75) is 45.1 Å². The SMILES string of the molecule is Cc1ccc(NC(=S)NC2(c3ccccc3Cl)CCCC2)cc1C. The van der Waals surface area contributed by atoms with Crippen LogP contribution < -0.4 is 10.6 Å². The largest absolute Gasteiger partial charge is 0.353 e. The summed E-state index contributed by atoms with van der Waals surface area (Å²) in [4.78, 5) is 0. The van der Waals surface area contributed by atoms with Crippen molar-refractivity contribution in [3.05, 3.63) is 64.2 Å². The van der Waals surface area contributed by atoms with Crippen LogP contribution in [0.4, 0.5) is 5.69 Å². The van der Waals surface area contributed by atoms with E-state index in [1.807, 2.05) is 18.2 Å². The first kappa shape index (κ1) is 17.2. The summed E-state index contributed by atoms with van der Waals surface area (Å²) in [5, 5.41) is 8.36. The molecule has 0 bridgehead atoms. The molecular formula is C20H23ClN2S. The Morgan fingerprint density at radius 2 is 1.75 bits per heavy atom. The molecule has 0 heterocycles. The second kappa shape index (κ2) is 7.12. The Bertz CT molecular complexity index is 751. The zero-order chi connectivity index (χ0) is 17.2. The first-order valence-corrected chi connectivity index (χ1v) is 9.20. The standard InChI is InChI=1S/C20H23ClN2S/c1-14-9-10-16(13-15(14)2)22-19(24)23-20(11-5-6-12-20)17-7-3-4-8-18(17)21/h3-4,7-10,13H,5-6,11-12H2,1-2H3,(H2,22,23,24). The van der Waals surface area contributed by atoms with Gasteiger partial charge in [0.05, 0.1) is 5.54 Å². The van der Waals surface area contributed by atoms with E-state index in [0.717, 1.165) is 29.1 Å². The number of aryl methyl sites for hydroxylation is 2. The van der Waals surface area contributed by atoms with Crippen LogP contribution in [0.25, 0.3) is 0 Å². The summed E-state index contributed by atoms with van der Waals surface area (Å²) in [6.45, 7) is 4.22. The van der Waals surface area contributed by atoms with Gasteiger partial charge in [-0.3, -0.25) is 0 Å². The Kier molecular flexibility index (Phi) is 5.12. The zero-order valence-electron chi connectivity index (χ0n) is 14.2. The topological polar surface area (TPSA) is 24.1 Å². The lowest BCUT2D eigenvalue weighted by molar-refractivity contribution is 0.408. The predicted molar refractivity (Wildman–Crippen MR) is 107 cm³/mol. The van der Waals surface area contributed by atoms with E-state index >= 15 is 0 Å². The lowest BCUT2D eigenvalue weighted by atomic mass is 9.88. The van der Waals surface area contributed by atoms with Gasteiger partial charge in [0.15, 0.2) is 5.11 Å². The van der Waals surface area contributed by atoms with Crippen LogP contribution in [-0.4, -0.2) is 5.11 Å². The van der Waals surface area contributed by atoms with Crippen molar-refractivity contribution in [1.82, 2.24) is 5.32 Å². The van der Waals surface area contributed by atoms with Gasteiger partial charge in [0.2, 0.25) is 0 Å². The van der Waals surface area contributed by atoms with Crippen molar-refractivity contribution in [3.63, 3.8) is 0 Å². The lowest BCUT2D eigenvalue weighted by Crippen LogP contribution is -2.45. The van der Waals surface area contributed by atoms with Crippen LogP contribution in [-0.2, 0) is 5.54 Å². The maximum absolute atomic E-state index is 6.47. The lowest BCUT2D eigenvalue weighted by Gasteiger charge is -2.33. The van der Waals surface area contributed by atoms with E-state index in [2.05, 4.69) is 48.7 Å². The highest BCUT2D eigenvalue weighted by atomic mass is 35.5. The fraction of sp³-hybridized carbons (Fsp3) is 0.350. The summed E-state index contributed by atoms with van der Waals surface area (Å²) in [6, 6.07) is 14.4. The van der Waals surface area contributed by atoms with Gasteiger partial charge in [-0.05, 0) is 73.8 Å². The minimum atomic E-state index is -0.165. The van der Waals surface area contributed by atoms with Gasteiger partial charge in [0.25, 0.3) is 0 Å². The quantitative estimate of drug-likeness (QED) is 0.687. The van der Waals surface area contributed by atoms with Crippen molar-refractivity contribution in [1.29, 1.82) is 0 Å². The van der Waals surface area contributed by atoms with Crippen molar-refractivity contribution in [2.24, 2.45) is 0 Å². The number of hydrogen-bond donors (Lipinski definition) is 2. The molecule has 0 aromatic heterocycles. The zero-order valence-corrected chi connectivity index (χ0v) is 15.7. The number of hydrogen-bond acceptors (Lipinski definition) is 1. The summed E-state index contributed by atoms with van der Waals surface area (Å²) < 4.78 is 0. The van der Waals surface area contributed by atoms with Crippen molar-refractivity contribution < 1.29 is 0 Å². The monoisotopic (exact) mass is 358 g/mol. The molecule has 1 fully saturated rings. The van der Waals surface area contributed by atoms with E-state index in [1.165, 1.54) is 24.0 Å². The van der Waals surface area contributed by atoms with E-state index in [0.29, 0.717) is 5.11 Å². The Morgan fingerprint density at radius 3 is 2.42 bits per heavy atom. The molecular weight excluding hydrogens is 336 g/mol. The maximum Gasteiger partial charge on any atom is 0.171 e. The molecule has 0 spiro atoms. The second-order valence-corrected chi connectivity index (χ2v) is 7.46. The number of rotatable bonds is 3. The van der Waals surface area contributed by atoms with E-state index in [1.54, 1.807) is 0 Å². The van der Waals surface area contributed by atoms with Gasteiger partial charge in [-0.2, -0.15) is 0 Å². The maximum atomic E-state index is 6.47. The van der Waals surface area contributed by atoms with E-state index in [4.69, 9.17) is 23.8 Å². The average molecular weight is 359 g/mol. The smallest absolute Gasteiger partial charge is 0.171 e. The highest BCUT2D eigenvalue weighted by Gasteiger charge is 2.37. The van der Waals surface area contributed by atoms with E-state index in [9.17, 15) is 0 Å².